The first-order chi connectivity index (χ1) is 11.8. The number of oxazole rings is 1. The highest BCUT2D eigenvalue weighted by Gasteiger charge is 2.26. The maximum atomic E-state index is 12.1. The zero-order valence-corrected chi connectivity index (χ0v) is 14.9. The number of H-pyrrole nitrogens is 1. The summed E-state index contributed by atoms with van der Waals surface area (Å²) in [6.45, 7) is 7.91. The van der Waals surface area contributed by atoms with E-state index in [2.05, 4.69) is 10.3 Å². The van der Waals surface area contributed by atoms with Crippen molar-refractivity contribution in [2.75, 3.05) is 25.0 Å². The molecule has 1 aliphatic rings. The van der Waals surface area contributed by atoms with Gasteiger partial charge in [0, 0.05) is 25.3 Å². The van der Waals surface area contributed by atoms with E-state index in [9.17, 15) is 9.59 Å². The second kappa shape index (κ2) is 6.82. The third-order valence-electron chi connectivity index (χ3n) is 4.28. The van der Waals surface area contributed by atoms with Crippen LogP contribution in [0.2, 0.25) is 0 Å². The molecule has 0 saturated carbocycles. The fraction of sp³-hybridized carbons (Fsp3) is 0.556. The molecule has 0 spiro atoms. The fourth-order valence-electron chi connectivity index (χ4n) is 2.97. The minimum atomic E-state index is -0.456. The van der Waals surface area contributed by atoms with Crippen molar-refractivity contribution in [2.45, 2.75) is 39.2 Å². The summed E-state index contributed by atoms with van der Waals surface area (Å²) in [5.74, 6) is 0.0550. The first kappa shape index (κ1) is 17.4. The largest absolute Gasteiger partial charge is 0.444 e. The number of hydrogen-bond donors (Lipinski definition) is 2. The average molecular weight is 347 g/mol. The van der Waals surface area contributed by atoms with Crippen molar-refractivity contribution in [1.82, 2.24) is 9.88 Å². The van der Waals surface area contributed by atoms with E-state index in [-0.39, 0.29) is 6.09 Å². The lowest BCUT2D eigenvalue weighted by Gasteiger charge is -2.33. The number of nitrogens with zero attached hydrogens (tertiary/aromatic N) is 1. The van der Waals surface area contributed by atoms with Gasteiger partial charge in [-0.15, -0.1) is 0 Å². The third-order valence-corrected chi connectivity index (χ3v) is 4.28. The summed E-state index contributed by atoms with van der Waals surface area (Å²) < 4.78 is 10.4. The molecule has 1 amide bonds. The van der Waals surface area contributed by atoms with Gasteiger partial charge >= 0.3 is 11.8 Å². The highest BCUT2D eigenvalue weighted by Crippen LogP contribution is 2.21. The van der Waals surface area contributed by atoms with E-state index in [0.29, 0.717) is 17.0 Å². The number of piperidine rings is 1. The number of amides is 1. The summed E-state index contributed by atoms with van der Waals surface area (Å²) in [5.41, 5.74) is 1.73. The number of nitrogens with one attached hydrogen (secondary N) is 2. The van der Waals surface area contributed by atoms with Gasteiger partial charge in [0.25, 0.3) is 0 Å². The van der Waals surface area contributed by atoms with E-state index in [1.54, 1.807) is 11.0 Å². The van der Waals surface area contributed by atoms with Gasteiger partial charge in [-0.3, -0.25) is 4.98 Å². The Morgan fingerprint density at radius 2 is 2.08 bits per heavy atom. The molecule has 0 radical (unpaired) electrons. The highest BCUT2D eigenvalue weighted by molar-refractivity contribution is 5.76. The molecule has 0 atom stereocenters. The molecule has 1 saturated heterocycles. The highest BCUT2D eigenvalue weighted by atomic mass is 16.6. The van der Waals surface area contributed by atoms with Crippen LogP contribution in [0.1, 0.15) is 33.6 Å². The molecule has 3 rings (SSSR count). The number of likely N-dealkylation sites (tertiary alicyclic amines) is 1. The van der Waals surface area contributed by atoms with Crippen LogP contribution < -0.4 is 11.1 Å². The molecule has 0 bridgehead atoms. The van der Waals surface area contributed by atoms with Crippen LogP contribution >= 0.6 is 0 Å². The van der Waals surface area contributed by atoms with Crippen LogP contribution in [0, 0.1) is 5.92 Å². The SMILES string of the molecule is CC(C)(C)OC(=O)N1CCC(CNc2ccc3oc(=O)[nH]c3c2)CC1. The van der Waals surface area contributed by atoms with Crippen molar-refractivity contribution >= 4 is 22.9 Å². The molecule has 136 valence electrons. The van der Waals surface area contributed by atoms with Crippen LogP contribution in [-0.2, 0) is 4.74 Å². The minimum absolute atomic E-state index is 0.228. The predicted octanol–water partition coefficient (Wildman–Crippen LogP) is 3.18. The number of hydrogen-bond acceptors (Lipinski definition) is 5. The van der Waals surface area contributed by atoms with E-state index >= 15 is 0 Å². The van der Waals surface area contributed by atoms with Crippen LogP contribution in [0.4, 0.5) is 10.5 Å². The van der Waals surface area contributed by atoms with Gasteiger partial charge in [-0.05, 0) is 57.7 Å². The number of aromatic nitrogens is 1. The van der Waals surface area contributed by atoms with Crippen molar-refractivity contribution < 1.29 is 13.9 Å². The lowest BCUT2D eigenvalue weighted by molar-refractivity contribution is 0.0188. The van der Waals surface area contributed by atoms with E-state index < -0.39 is 11.4 Å². The Labute approximate surface area is 146 Å². The summed E-state index contributed by atoms with van der Waals surface area (Å²) in [7, 11) is 0. The maximum absolute atomic E-state index is 12.1. The molecule has 2 heterocycles. The Kier molecular flexibility index (Phi) is 4.74. The molecule has 1 aromatic heterocycles. The minimum Gasteiger partial charge on any atom is -0.444 e. The first-order valence-electron chi connectivity index (χ1n) is 8.65. The smallest absolute Gasteiger partial charge is 0.417 e. The number of benzene rings is 1. The molecule has 2 aromatic rings. The van der Waals surface area contributed by atoms with Crippen LogP contribution in [0.25, 0.3) is 11.1 Å². The van der Waals surface area contributed by atoms with E-state index in [4.69, 9.17) is 9.15 Å². The van der Waals surface area contributed by atoms with Gasteiger partial charge in [0.05, 0.1) is 5.52 Å². The van der Waals surface area contributed by atoms with Gasteiger partial charge in [0.1, 0.15) is 5.60 Å². The van der Waals surface area contributed by atoms with E-state index in [1.165, 1.54) is 0 Å². The fourth-order valence-corrected chi connectivity index (χ4v) is 2.97. The number of anilines is 1. The average Bonchev–Trinajstić information content (AvgIpc) is 2.91. The quantitative estimate of drug-likeness (QED) is 0.890. The van der Waals surface area contributed by atoms with Crippen molar-refractivity contribution in [1.29, 1.82) is 0 Å². The molecule has 0 aliphatic carbocycles. The van der Waals surface area contributed by atoms with Gasteiger partial charge < -0.3 is 19.4 Å². The zero-order chi connectivity index (χ0) is 18.0. The number of aromatic amines is 1. The predicted molar refractivity (Wildman–Crippen MR) is 95.9 cm³/mol. The van der Waals surface area contributed by atoms with Gasteiger partial charge in [0.2, 0.25) is 0 Å². The van der Waals surface area contributed by atoms with Crippen LogP contribution in [-0.4, -0.2) is 41.2 Å². The lowest BCUT2D eigenvalue weighted by atomic mass is 9.97. The number of ether oxygens (including phenoxy) is 1. The molecule has 1 aliphatic heterocycles. The monoisotopic (exact) mass is 347 g/mol. The van der Waals surface area contributed by atoms with Crippen molar-refractivity contribution in [3.63, 3.8) is 0 Å². The Hall–Kier alpha value is -2.44. The molecule has 25 heavy (non-hydrogen) atoms. The maximum Gasteiger partial charge on any atom is 0.417 e. The van der Waals surface area contributed by atoms with E-state index in [1.807, 2.05) is 32.9 Å². The van der Waals surface area contributed by atoms with E-state index in [0.717, 1.165) is 38.2 Å². The first-order valence-corrected chi connectivity index (χ1v) is 8.65. The molecule has 0 unspecified atom stereocenters. The summed E-state index contributed by atoms with van der Waals surface area (Å²) in [5, 5.41) is 3.40. The number of carbonyl (C=O) groups is 1. The summed E-state index contributed by atoms with van der Waals surface area (Å²) in [6.07, 6.45) is 1.65. The third kappa shape index (κ3) is 4.55. The summed E-state index contributed by atoms with van der Waals surface area (Å²) in [6, 6.07) is 5.55. The topological polar surface area (TPSA) is 87.6 Å². The summed E-state index contributed by atoms with van der Waals surface area (Å²) >= 11 is 0. The van der Waals surface area contributed by atoms with Crippen molar-refractivity contribution in [2.24, 2.45) is 5.92 Å². The van der Waals surface area contributed by atoms with Crippen molar-refractivity contribution in [3.05, 3.63) is 28.7 Å². The lowest BCUT2D eigenvalue weighted by Crippen LogP contribution is -2.42. The molecule has 2 N–H and O–H groups in total. The molecule has 7 nitrogen and oxygen atoms in total. The van der Waals surface area contributed by atoms with Crippen LogP contribution in [0.3, 0.4) is 0 Å². The number of fused-ring (bicyclic) bond motifs is 1. The van der Waals surface area contributed by atoms with Gasteiger partial charge in [0.15, 0.2) is 5.58 Å². The molecular weight excluding hydrogens is 322 g/mol. The van der Waals surface area contributed by atoms with Crippen LogP contribution in [0.5, 0.6) is 0 Å². The second-order valence-electron chi connectivity index (χ2n) is 7.52. The van der Waals surface area contributed by atoms with Crippen molar-refractivity contribution in [3.8, 4) is 0 Å². The number of carbonyl (C=O) groups excluding carboxylic acids is 1. The Bertz CT molecular complexity index is 794. The zero-order valence-electron chi connectivity index (χ0n) is 14.9. The Balaban J connectivity index is 1.48. The molecular formula is C18H25N3O4. The van der Waals surface area contributed by atoms with Gasteiger partial charge in [-0.2, -0.15) is 0 Å². The van der Waals surface area contributed by atoms with Gasteiger partial charge in [-0.25, -0.2) is 9.59 Å². The molecule has 7 heteroatoms. The second-order valence-corrected chi connectivity index (χ2v) is 7.52. The van der Waals surface area contributed by atoms with Gasteiger partial charge in [-0.1, -0.05) is 0 Å². The summed E-state index contributed by atoms with van der Waals surface area (Å²) in [4.78, 5) is 27.7. The molecule has 1 fully saturated rings. The molecule has 1 aromatic carbocycles. The standard InChI is InChI=1S/C18H25N3O4/c1-18(2,3)25-17(23)21-8-6-12(7-9-21)11-19-13-4-5-15-14(10-13)20-16(22)24-15/h4-5,10,12,19H,6-9,11H2,1-3H3,(H,20,22). The Morgan fingerprint density at radius 1 is 1.36 bits per heavy atom. The normalized spacial score (nSPS) is 16.2. The van der Waals surface area contributed by atoms with Crippen LogP contribution in [0.15, 0.2) is 27.4 Å². The Morgan fingerprint density at radius 3 is 2.76 bits per heavy atom. The number of rotatable bonds is 3.